The third-order valence-corrected chi connectivity index (χ3v) is 7.66. The van der Waals surface area contributed by atoms with Gasteiger partial charge in [-0.05, 0) is 65.7 Å². The Hall–Kier alpha value is -1.99. The number of rotatable bonds is 5. The van der Waals surface area contributed by atoms with Crippen molar-refractivity contribution in [3.8, 4) is 0 Å². The standard InChI is InChI=1S/C22H23Cl2N3O2S/c1-26(2)18-6-8-19(9-7-18)27-12-11-21(22(27)24)25-30(28,29)20-10-4-15-13-17(23)5-3-16(15)14-20/h3-10,13-14,21-22,25H,11-12H2,1-2H3/t21-,22?/m0/s1. The molecule has 2 atom stereocenters. The summed E-state index contributed by atoms with van der Waals surface area (Å²) in [5, 5.41) is 2.33. The fourth-order valence-corrected chi connectivity index (χ4v) is 5.68. The minimum atomic E-state index is -3.70. The number of hydrogen-bond acceptors (Lipinski definition) is 4. The summed E-state index contributed by atoms with van der Waals surface area (Å²) in [5.41, 5.74) is 1.60. The summed E-state index contributed by atoms with van der Waals surface area (Å²) in [6.45, 7) is 0.679. The molecule has 1 saturated heterocycles. The molecule has 0 amide bonds. The molecule has 0 bridgehead atoms. The Morgan fingerprint density at radius 2 is 1.67 bits per heavy atom. The van der Waals surface area contributed by atoms with Crippen molar-refractivity contribution in [2.45, 2.75) is 22.9 Å². The van der Waals surface area contributed by atoms with E-state index in [1.165, 1.54) is 0 Å². The van der Waals surface area contributed by atoms with Gasteiger partial charge in [0.05, 0.1) is 10.9 Å². The van der Waals surface area contributed by atoms with Crippen LogP contribution < -0.4 is 14.5 Å². The van der Waals surface area contributed by atoms with Gasteiger partial charge >= 0.3 is 0 Å². The summed E-state index contributed by atoms with van der Waals surface area (Å²) in [4.78, 5) is 4.27. The molecule has 1 fully saturated rings. The molecular formula is C22H23Cl2N3O2S. The van der Waals surface area contributed by atoms with Crippen LogP contribution in [0.15, 0.2) is 65.6 Å². The average Bonchev–Trinajstić information content (AvgIpc) is 3.07. The second-order valence-electron chi connectivity index (χ2n) is 7.65. The summed E-state index contributed by atoms with van der Waals surface area (Å²) in [6, 6.07) is 18.1. The van der Waals surface area contributed by atoms with E-state index < -0.39 is 15.5 Å². The number of anilines is 2. The van der Waals surface area contributed by atoms with Crippen molar-refractivity contribution < 1.29 is 8.42 Å². The van der Waals surface area contributed by atoms with Crippen molar-refractivity contribution in [2.24, 2.45) is 0 Å². The second kappa shape index (κ2) is 8.27. The zero-order chi connectivity index (χ0) is 21.5. The molecule has 0 spiro atoms. The fourth-order valence-electron chi connectivity index (χ4n) is 3.71. The maximum atomic E-state index is 13.0. The molecule has 0 saturated carbocycles. The number of hydrogen-bond donors (Lipinski definition) is 1. The SMILES string of the molecule is CN(C)c1ccc(N2CC[C@H](NS(=O)(=O)c3ccc4cc(Cl)ccc4c3)C2Cl)cc1. The van der Waals surface area contributed by atoms with Gasteiger partial charge in [-0.15, -0.1) is 0 Å². The number of halogens is 2. The van der Waals surface area contributed by atoms with Crippen LogP contribution in [0.25, 0.3) is 10.8 Å². The molecule has 3 aromatic carbocycles. The van der Waals surface area contributed by atoms with Gasteiger partial charge in [0.15, 0.2) is 0 Å². The minimum Gasteiger partial charge on any atom is -0.378 e. The summed E-state index contributed by atoms with van der Waals surface area (Å²) < 4.78 is 28.8. The Morgan fingerprint density at radius 3 is 2.37 bits per heavy atom. The molecule has 1 aliphatic rings. The predicted octanol–water partition coefficient (Wildman–Crippen LogP) is 4.68. The average molecular weight is 464 g/mol. The lowest BCUT2D eigenvalue weighted by molar-refractivity contribution is 0.555. The predicted molar refractivity (Wildman–Crippen MR) is 125 cm³/mol. The first-order chi connectivity index (χ1) is 14.2. The summed E-state index contributed by atoms with van der Waals surface area (Å²) in [6.07, 6.45) is 0.631. The number of nitrogens with zero attached hydrogens (tertiary/aromatic N) is 2. The van der Waals surface area contributed by atoms with Crippen LogP contribution in [0, 0.1) is 0 Å². The monoisotopic (exact) mass is 463 g/mol. The largest absolute Gasteiger partial charge is 0.378 e. The van der Waals surface area contributed by atoms with E-state index in [0.29, 0.717) is 18.0 Å². The van der Waals surface area contributed by atoms with Crippen LogP contribution >= 0.6 is 23.2 Å². The van der Waals surface area contributed by atoms with Crippen LogP contribution in [0.1, 0.15) is 6.42 Å². The van der Waals surface area contributed by atoms with Crippen LogP contribution in [-0.4, -0.2) is 40.6 Å². The van der Waals surface area contributed by atoms with E-state index in [0.717, 1.165) is 22.1 Å². The van der Waals surface area contributed by atoms with E-state index in [9.17, 15) is 8.42 Å². The quantitative estimate of drug-likeness (QED) is 0.440. The van der Waals surface area contributed by atoms with Gasteiger partial charge < -0.3 is 9.80 Å². The van der Waals surface area contributed by atoms with Gasteiger partial charge in [0.25, 0.3) is 0 Å². The molecule has 3 aromatic rings. The lowest BCUT2D eigenvalue weighted by Gasteiger charge is -2.26. The van der Waals surface area contributed by atoms with Gasteiger partial charge in [0.1, 0.15) is 5.50 Å². The zero-order valence-corrected chi connectivity index (χ0v) is 19.0. The van der Waals surface area contributed by atoms with E-state index in [4.69, 9.17) is 23.2 Å². The molecule has 5 nitrogen and oxygen atoms in total. The van der Waals surface area contributed by atoms with Crippen molar-refractivity contribution in [2.75, 3.05) is 30.4 Å². The third kappa shape index (κ3) is 4.23. The minimum absolute atomic E-state index is 0.218. The Labute approximate surface area is 187 Å². The summed E-state index contributed by atoms with van der Waals surface area (Å²) in [5.74, 6) is 0. The smallest absolute Gasteiger partial charge is 0.240 e. The van der Waals surface area contributed by atoms with Crippen molar-refractivity contribution in [1.29, 1.82) is 0 Å². The van der Waals surface area contributed by atoms with Gasteiger partial charge in [0, 0.05) is 37.0 Å². The highest BCUT2D eigenvalue weighted by Crippen LogP contribution is 2.31. The van der Waals surface area contributed by atoms with Gasteiger partial charge in [-0.2, -0.15) is 0 Å². The van der Waals surface area contributed by atoms with E-state index in [1.54, 1.807) is 24.3 Å². The highest BCUT2D eigenvalue weighted by Gasteiger charge is 2.35. The molecule has 0 aromatic heterocycles. The van der Waals surface area contributed by atoms with Gasteiger partial charge in [0.2, 0.25) is 10.0 Å². The molecule has 1 unspecified atom stereocenters. The van der Waals surface area contributed by atoms with Gasteiger partial charge in [-0.1, -0.05) is 35.3 Å². The van der Waals surface area contributed by atoms with Crippen molar-refractivity contribution >= 4 is 55.4 Å². The molecule has 30 heavy (non-hydrogen) atoms. The van der Waals surface area contributed by atoms with E-state index in [-0.39, 0.29) is 10.9 Å². The normalized spacial score (nSPS) is 19.4. The first-order valence-corrected chi connectivity index (χ1v) is 11.9. The Balaban J connectivity index is 1.51. The molecule has 1 aliphatic heterocycles. The first kappa shape index (κ1) is 21.2. The van der Waals surface area contributed by atoms with E-state index in [2.05, 4.69) is 4.72 Å². The third-order valence-electron chi connectivity index (χ3n) is 5.40. The van der Waals surface area contributed by atoms with Crippen molar-refractivity contribution in [3.63, 3.8) is 0 Å². The molecule has 8 heteroatoms. The maximum absolute atomic E-state index is 13.0. The molecule has 1 heterocycles. The lowest BCUT2D eigenvalue weighted by atomic mass is 10.1. The first-order valence-electron chi connectivity index (χ1n) is 9.64. The fraction of sp³-hybridized carbons (Fsp3) is 0.273. The molecule has 0 radical (unpaired) electrons. The zero-order valence-electron chi connectivity index (χ0n) is 16.7. The van der Waals surface area contributed by atoms with E-state index >= 15 is 0 Å². The Kier molecular flexibility index (Phi) is 5.86. The van der Waals surface area contributed by atoms with Crippen LogP contribution in [0.3, 0.4) is 0 Å². The maximum Gasteiger partial charge on any atom is 0.240 e. The molecular weight excluding hydrogens is 441 g/mol. The van der Waals surface area contributed by atoms with Crippen molar-refractivity contribution in [3.05, 3.63) is 65.7 Å². The van der Waals surface area contributed by atoms with Gasteiger partial charge in [-0.3, -0.25) is 0 Å². The van der Waals surface area contributed by atoms with E-state index in [1.807, 2.05) is 60.3 Å². The molecule has 1 N–H and O–H groups in total. The topological polar surface area (TPSA) is 52.6 Å². The highest BCUT2D eigenvalue weighted by molar-refractivity contribution is 7.89. The van der Waals surface area contributed by atoms with Crippen LogP contribution in [0.5, 0.6) is 0 Å². The Bertz CT molecular complexity index is 1170. The number of fused-ring (bicyclic) bond motifs is 1. The van der Waals surface area contributed by atoms with Crippen LogP contribution in [0.2, 0.25) is 5.02 Å². The molecule has 158 valence electrons. The second-order valence-corrected chi connectivity index (χ2v) is 10.2. The summed E-state index contributed by atoms with van der Waals surface area (Å²) in [7, 11) is 0.272. The number of sulfonamides is 1. The number of nitrogens with one attached hydrogen (secondary N) is 1. The number of benzene rings is 3. The summed E-state index contributed by atoms with van der Waals surface area (Å²) >= 11 is 12.7. The van der Waals surface area contributed by atoms with Gasteiger partial charge in [-0.25, -0.2) is 13.1 Å². The molecule has 4 rings (SSSR count). The lowest BCUT2D eigenvalue weighted by Crippen LogP contribution is -2.42. The van der Waals surface area contributed by atoms with Crippen molar-refractivity contribution in [1.82, 2.24) is 4.72 Å². The van der Waals surface area contributed by atoms with Crippen LogP contribution in [0.4, 0.5) is 11.4 Å². The molecule has 0 aliphatic carbocycles. The Morgan fingerprint density at radius 1 is 1.00 bits per heavy atom. The number of alkyl halides is 1. The van der Waals surface area contributed by atoms with Crippen LogP contribution in [-0.2, 0) is 10.0 Å². The highest BCUT2D eigenvalue weighted by atomic mass is 35.5.